The maximum atomic E-state index is 13.4. The lowest BCUT2D eigenvalue weighted by atomic mass is 9.90. The van der Waals surface area contributed by atoms with Gasteiger partial charge in [-0.3, -0.25) is 9.78 Å². The van der Waals surface area contributed by atoms with Gasteiger partial charge in [0, 0.05) is 36.0 Å². The Balaban J connectivity index is 1.35. The normalized spacial score (nSPS) is 22.8. The Morgan fingerprint density at radius 1 is 1.17 bits per heavy atom. The molecule has 1 aromatic carbocycles. The molecule has 2 bridgehead atoms. The first-order valence-corrected chi connectivity index (χ1v) is 10.5. The minimum absolute atomic E-state index is 0.0616. The van der Waals surface area contributed by atoms with E-state index in [4.69, 9.17) is 9.26 Å². The van der Waals surface area contributed by atoms with E-state index < -0.39 is 0 Å². The van der Waals surface area contributed by atoms with Gasteiger partial charge in [-0.15, -0.1) is 0 Å². The molecule has 2 aliphatic heterocycles. The van der Waals surface area contributed by atoms with Crippen LogP contribution in [0, 0.1) is 0 Å². The molecule has 5 rings (SSSR count). The van der Waals surface area contributed by atoms with Crippen molar-refractivity contribution in [3.05, 3.63) is 60.2 Å². The monoisotopic (exact) mass is 404 g/mol. The quantitative estimate of drug-likeness (QED) is 0.637. The van der Waals surface area contributed by atoms with Crippen LogP contribution in [0.2, 0.25) is 0 Å². The number of carbonyl (C=O) groups is 1. The molecule has 0 N–H and O–H groups in total. The van der Waals surface area contributed by atoms with Gasteiger partial charge < -0.3 is 14.2 Å². The lowest BCUT2D eigenvalue weighted by Crippen LogP contribution is -2.46. The molecule has 7 heteroatoms. The summed E-state index contributed by atoms with van der Waals surface area (Å²) in [7, 11) is 0. The number of nitrogens with zero attached hydrogens (tertiary/aromatic N) is 4. The van der Waals surface area contributed by atoms with Gasteiger partial charge in [0.15, 0.2) is 0 Å². The molecule has 1 unspecified atom stereocenters. The van der Waals surface area contributed by atoms with E-state index in [9.17, 15) is 4.79 Å². The Kier molecular flexibility index (Phi) is 4.94. The fourth-order valence-corrected chi connectivity index (χ4v) is 4.79. The smallest absolute Gasteiger partial charge is 0.258 e. The number of aromatic nitrogens is 3. The van der Waals surface area contributed by atoms with Crippen molar-refractivity contribution in [1.29, 1.82) is 0 Å². The second-order valence-electron chi connectivity index (χ2n) is 7.89. The van der Waals surface area contributed by atoms with Crippen LogP contribution in [0.15, 0.2) is 53.3 Å². The van der Waals surface area contributed by atoms with Crippen LogP contribution < -0.4 is 4.74 Å². The highest BCUT2D eigenvalue weighted by atomic mass is 16.5. The van der Waals surface area contributed by atoms with E-state index in [0.29, 0.717) is 29.6 Å². The maximum Gasteiger partial charge on any atom is 0.258 e. The molecule has 0 radical (unpaired) electrons. The van der Waals surface area contributed by atoms with Crippen LogP contribution in [-0.2, 0) is 0 Å². The Hall–Kier alpha value is -3.22. The molecule has 2 aliphatic rings. The van der Waals surface area contributed by atoms with E-state index in [1.165, 1.54) is 0 Å². The average Bonchev–Trinajstić information content (AvgIpc) is 3.37. The van der Waals surface area contributed by atoms with Gasteiger partial charge in [-0.05, 0) is 56.9 Å². The maximum absolute atomic E-state index is 13.4. The van der Waals surface area contributed by atoms with Gasteiger partial charge in [0.25, 0.3) is 5.91 Å². The molecule has 3 aromatic rings. The minimum atomic E-state index is 0.0616. The van der Waals surface area contributed by atoms with Crippen LogP contribution >= 0.6 is 0 Å². The van der Waals surface area contributed by atoms with E-state index >= 15 is 0 Å². The SMILES string of the molecule is CCOc1ccccc1C(=O)N1[C@@H]2CC[C@H]1CC(c1nc(-c3cccnc3)no1)C2. The fraction of sp³-hybridized carbons (Fsp3) is 0.391. The molecular formula is C23H24N4O3. The van der Waals surface area contributed by atoms with Crippen LogP contribution in [0.25, 0.3) is 11.4 Å². The number of amides is 1. The molecule has 3 atom stereocenters. The zero-order valence-corrected chi connectivity index (χ0v) is 16.9. The molecule has 4 heterocycles. The number of hydrogen-bond donors (Lipinski definition) is 0. The summed E-state index contributed by atoms with van der Waals surface area (Å²) in [6.07, 6.45) is 7.15. The number of hydrogen-bond acceptors (Lipinski definition) is 6. The van der Waals surface area contributed by atoms with Crippen molar-refractivity contribution < 1.29 is 14.1 Å². The highest BCUT2D eigenvalue weighted by Crippen LogP contribution is 2.44. The van der Waals surface area contributed by atoms with Crippen LogP contribution in [0.1, 0.15) is 54.8 Å². The lowest BCUT2D eigenvalue weighted by molar-refractivity contribution is 0.0551. The molecule has 30 heavy (non-hydrogen) atoms. The summed E-state index contributed by atoms with van der Waals surface area (Å²) in [6.45, 7) is 2.47. The molecular weight excluding hydrogens is 380 g/mol. The van der Waals surface area contributed by atoms with Crippen LogP contribution in [0.3, 0.4) is 0 Å². The zero-order valence-electron chi connectivity index (χ0n) is 16.9. The van der Waals surface area contributed by atoms with Crippen molar-refractivity contribution in [1.82, 2.24) is 20.0 Å². The fourth-order valence-electron chi connectivity index (χ4n) is 4.79. The van der Waals surface area contributed by atoms with Gasteiger partial charge in [-0.2, -0.15) is 4.98 Å². The number of pyridine rings is 1. The molecule has 1 amide bonds. The van der Waals surface area contributed by atoms with Crippen molar-refractivity contribution in [2.24, 2.45) is 0 Å². The summed E-state index contributed by atoms with van der Waals surface area (Å²) in [5.74, 6) is 2.12. The molecule has 2 saturated heterocycles. The number of para-hydroxylation sites is 1. The van der Waals surface area contributed by atoms with Crippen molar-refractivity contribution >= 4 is 5.91 Å². The van der Waals surface area contributed by atoms with E-state index in [1.54, 1.807) is 12.4 Å². The van der Waals surface area contributed by atoms with Crippen LogP contribution in [0.5, 0.6) is 5.75 Å². The number of benzene rings is 1. The summed E-state index contributed by atoms with van der Waals surface area (Å²) >= 11 is 0. The van der Waals surface area contributed by atoms with Gasteiger partial charge >= 0.3 is 0 Å². The van der Waals surface area contributed by atoms with Crippen molar-refractivity contribution in [3.8, 4) is 17.1 Å². The summed E-state index contributed by atoms with van der Waals surface area (Å²) in [4.78, 5) is 24.2. The highest BCUT2D eigenvalue weighted by molar-refractivity contribution is 5.97. The topological polar surface area (TPSA) is 81.4 Å². The third-order valence-electron chi connectivity index (χ3n) is 6.10. The molecule has 0 saturated carbocycles. The first-order chi connectivity index (χ1) is 14.7. The van der Waals surface area contributed by atoms with Gasteiger partial charge in [-0.25, -0.2) is 0 Å². The average molecular weight is 404 g/mol. The first kappa shape index (κ1) is 18.8. The molecule has 0 spiro atoms. The van der Waals surface area contributed by atoms with Gasteiger partial charge in [0.1, 0.15) is 5.75 Å². The number of piperidine rings is 1. The summed E-state index contributed by atoms with van der Waals surface area (Å²) in [6, 6.07) is 11.7. The molecule has 0 aliphatic carbocycles. The summed E-state index contributed by atoms with van der Waals surface area (Å²) in [5.41, 5.74) is 1.49. The number of carbonyl (C=O) groups excluding carboxylic acids is 1. The molecule has 2 fully saturated rings. The van der Waals surface area contributed by atoms with Gasteiger partial charge in [-0.1, -0.05) is 17.3 Å². The Bertz CT molecular complexity index is 1020. The Morgan fingerprint density at radius 2 is 1.97 bits per heavy atom. The first-order valence-electron chi connectivity index (χ1n) is 10.5. The Labute approximate surface area is 175 Å². The molecule has 154 valence electrons. The third-order valence-corrected chi connectivity index (χ3v) is 6.10. The van der Waals surface area contributed by atoms with Crippen LogP contribution in [0.4, 0.5) is 0 Å². The lowest BCUT2D eigenvalue weighted by Gasteiger charge is -2.38. The second-order valence-corrected chi connectivity index (χ2v) is 7.89. The number of fused-ring (bicyclic) bond motifs is 2. The number of ether oxygens (including phenoxy) is 1. The van der Waals surface area contributed by atoms with Crippen molar-refractivity contribution in [2.75, 3.05) is 6.61 Å². The van der Waals surface area contributed by atoms with E-state index in [-0.39, 0.29) is 23.9 Å². The van der Waals surface area contributed by atoms with Crippen molar-refractivity contribution in [3.63, 3.8) is 0 Å². The van der Waals surface area contributed by atoms with Crippen molar-refractivity contribution in [2.45, 2.75) is 50.6 Å². The van der Waals surface area contributed by atoms with Gasteiger partial charge in [0.2, 0.25) is 11.7 Å². The van der Waals surface area contributed by atoms with E-state index in [2.05, 4.69) is 20.0 Å². The minimum Gasteiger partial charge on any atom is -0.493 e. The largest absolute Gasteiger partial charge is 0.493 e. The van der Waals surface area contributed by atoms with E-state index in [0.717, 1.165) is 31.2 Å². The Morgan fingerprint density at radius 3 is 2.70 bits per heavy atom. The second kappa shape index (κ2) is 7.89. The predicted octanol–water partition coefficient (Wildman–Crippen LogP) is 4.08. The standard InChI is InChI=1S/C23H24N4O3/c1-2-29-20-8-4-3-7-19(20)23(28)27-17-9-10-18(27)13-16(12-17)22-25-21(26-30-22)15-6-5-11-24-14-15/h3-8,11,14,16-18H,2,9-10,12-13H2,1H3/t16?,17-,18+. The zero-order chi connectivity index (χ0) is 20.5. The summed E-state index contributed by atoms with van der Waals surface area (Å²) < 4.78 is 11.3. The summed E-state index contributed by atoms with van der Waals surface area (Å²) in [5, 5.41) is 4.14. The van der Waals surface area contributed by atoms with E-state index in [1.807, 2.05) is 43.3 Å². The molecule has 7 nitrogen and oxygen atoms in total. The predicted molar refractivity (Wildman–Crippen MR) is 110 cm³/mol. The van der Waals surface area contributed by atoms with Gasteiger partial charge in [0.05, 0.1) is 12.2 Å². The third kappa shape index (κ3) is 3.34. The molecule has 2 aromatic heterocycles. The number of rotatable bonds is 5. The highest BCUT2D eigenvalue weighted by Gasteiger charge is 2.45. The van der Waals surface area contributed by atoms with Crippen LogP contribution in [-0.4, -0.2) is 44.6 Å².